The lowest BCUT2D eigenvalue weighted by molar-refractivity contribution is -0.386. The van der Waals surface area contributed by atoms with Gasteiger partial charge in [-0.25, -0.2) is 4.98 Å². The quantitative estimate of drug-likeness (QED) is 0.0843. The van der Waals surface area contributed by atoms with E-state index in [2.05, 4.69) is 18.9 Å². The first-order valence-electron chi connectivity index (χ1n) is 15.4. The summed E-state index contributed by atoms with van der Waals surface area (Å²) in [7, 11) is 3.04. The van der Waals surface area contributed by atoms with E-state index < -0.39 is 4.92 Å². The van der Waals surface area contributed by atoms with Gasteiger partial charge in [-0.15, -0.1) is 0 Å². The summed E-state index contributed by atoms with van der Waals surface area (Å²) in [5, 5.41) is 19.3. The number of aromatic nitrogens is 2. The van der Waals surface area contributed by atoms with Crippen molar-refractivity contribution in [2.45, 2.75) is 33.3 Å². The fourth-order valence-corrected chi connectivity index (χ4v) is 5.78. The van der Waals surface area contributed by atoms with E-state index in [1.165, 1.54) is 24.1 Å². The second-order valence-electron chi connectivity index (χ2n) is 11.6. The van der Waals surface area contributed by atoms with E-state index in [1.807, 2.05) is 67.6 Å². The molecule has 0 saturated heterocycles. The highest BCUT2D eigenvalue weighted by Crippen LogP contribution is 2.39. The summed E-state index contributed by atoms with van der Waals surface area (Å²) < 4.78 is 18.5. The topological polar surface area (TPSA) is 118 Å². The molecule has 0 unspecified atom stereocenters. The molecule has 0 spiro atoms. The first-order valence-corrected chi connectivity index (χ1v) is 15.4. The number of nitrogens with zero attached hydrogens (tertiary/aromatic N) is 4. The highest BCUT2D eigenvalue weighted by molar-refractivity contribution is 5.86. The number of nitro benzene ring substituents is 1. The third kappa shape index (κ3) is 6.07. The SMILES string of the molecule is COc1cc(C)c(-c2nc3ccccc3c(=O)n2N=Cc2cc(OC)c(OCc3cccc4ccccc34)c([N+](=O)[O-])c2)cc1C(C)C. The minimum atomic E-state index is -0.526. The Balaban J connectivity index is 1.45. The van der Waals surface area contributed by atoms with Gasteiger partial charge in [0.1, 0.15) is 12.4 Å². The number of nitro groups is 1. The molecule has 0 aliphatic carbocycles. The Morgan fingerprint density at radius 2 is 1.62 bits per heavy atom. The standard InChI is InChI=1S/C38H34N4O6/c1-23(2)30-20-31(24(3)17-34(30)46-4)37-40-32-16-9-8-15-29(32)38(43)41(37)39-21-25-18-33(42(44)45)36(35(19-25)47-5)48-22-27-13-10-12-26-11-6-7-14-28(26)27/h6-21,23H,22H2,1-5H3. The number of benzene rings is 5. The van der Waals surface area contributed by atoms with Crippen LogP contribution in [0.1, 0.15) is 42.0 Å². The van der Waals surface area contributed by atoms with Crippen LogP contribution in [0, 0.1) is 17.0 Å². The lowest BCUT2D eigenvalue weighted by atomic mass is 9.96. The maximum Gasteiger partial charge on any atom is 0.315 e. The molecule has 6 rings (SSSR count). The molecular weight excluding hydrogens is 608 g/mol. The van der Waals surface area contributed by atoms with E-state index >= 15 is 0 Å². The molecule has 242 valence electrons. The molecule has 1 heterocycles. The smallest absolute Gasteiger partial charge is 0.315 e. The van der Waals surface area contributed by atoms with Gasteiger partial charge in [-0.3, -0.25) is 14.9 Å². The Morgan fingerprint density at radius 3 is 2.35 bits per heavy atom. The number of para-hydroxylation sites is 1. The highest BCUT2D eigenvalue weighted by atomic mass is 16.6. The van der Waals surface area contributed by atoms with Gasteiger partial charge < -0.3 is 14.2 Å². The second kappa shape index (κ2) is 13.4. The molecule has 1 aromatic heterocycles. The number of aryl methyl sites for hydroxylation is 1. The summed E-state index contributed by atoms with van der Waals surface area (Å²) in [6, 6.07) is 27.6. The molecule has 0 bridgehead atoms. The molecule has 5 aromatic carbocycles. The van der Waals surface area contributed by atoms with E-state index in [9.17, 15) is 14.9 Å². The summed E-state index contributed by atoms with van der Waals surface area (Å²) in [5.74, 6) is 1.36. The maximum atomic E-state index is 13.9. The molecule has 0 atom stereocenters. The number of rotatable bonds is 10. The van der Waals surface area contributed by atoms with Gasteiger partial charge in [-0.05, 0) is 70.6 Å². The van der Waals surface area contributed by atoms with Gasteiger partial charge in [0.05, 0.1) is 36.3 Å². The molecule has 0 aliphatic rings. The van der Waals surface area contributed by atoms with Crippen molar-refractivity contribution in [1.29, 1.82) is 0 Å². The normalized spacial score (nSPS) is 11.5. The van der Waals surface area contributed by atoms with Crippen molar-refractivity contribution >= 4 is 33.6 Å². The van der Waals surface area contributed by atoms with Crippen molar-refractivity contribution in [3.8, 4) is 28.6 Å². The molecule has 6 aromatic rings. The maximum absolute atomic E-state index is 13.9. The van der Waals surface area contributed by atoms with Gasteiger partial charge in [0.25, 0.3) is 5.56 Å². The number of fused-ring (bicyclic) bond motifs is 2. The largest absolute Gasteiger partial charge is 0.496 e. The van der Waals surface area contributed by atoms with Crippen LogP contribution in [0.3, 0.4) is 0 Å². The van der Waals surface area contributed by atoms with Crippen LogP contribution in [0.5, 0.6) is 17.2 Å². The Morgan fingerprint density at radius 1 is 0.917 bits per heavy atom. The van der Waals surface area contributed by atoms with Crippen LogP contribution >= 0.6 is 0 Å². The summed E-state index contributed by atoms with van der Waals surface area (Å²) in [6.07, 6.45) is 1.38. The molecule has 0 amide bonds. The third-order valence-electron chi connectivity index (χ3n) is 8.24. The number of methoxy groups -OCH3 is 2. The highest BCUT2D eigenvalue weighted by Gasteiger charge is 2.23. The third-order valence-corrected chi connectivity index (χ3v) is 8.24. The predicted octanol–water partition coefficient (Wildman–Crippen LogP) is 8.04. The predicted molar refractivity (Wildman–Crippen MR) is 188 cm³/mol. The summed E-state index contributed by atoms with van der Waals surface area (Å²) in [4.78, 5) is 30.5. The van der Waals surface area contributed by atoms with Crippen molar-refractivity contribution in [3.63, 3.8) is 0 Å². The van der Waals surface area contributed by atoms with Crippen LogP contribution in [-0.2, 0) is 6.61 Å². The number of ether oxygens (including phenoxy) is 3. The van der Waals surface area contributed by atoms with Gasteiger partial charge in [0.2, 0.25) is 5.75 Å². The number of hydrogen-bond donors (Lipinski definition) is 0. The van der Waals surface area contributed by atoms with Gasteiger partial charge in [0.15, 0.2) is 11.6 Å². The van der Waals surface area contributed by atoms with Crippen LogP contribution in [0.15, 0.2) is 101 Å². The molecule has 0 fully saturated rings. The second-order valence-corrected chi connectivity index (χ2v) is 11.6. The monoisotopic (exact) mass is 642 g/mol. The average Bonchev–Trinajstić information content (AvgIpc) is 3.09. The molecule has 0 radical (unpaired) electrons. The van der Waals surface area contributed by atoms with Crippen molar-refractivity contribution in [1.82, 2.24) is 9.66 Å². The van der Waals surface area contributed by atoms with Gasteiger partial charge in [-0.1, -0.05) is 68.4 Å². The molecule has 0 aliphatic heterocycles. The molecule has 0 N–H and O–H groups in total. The van der Waals surface area contributed by atoms with Crippen molar-refractivity contribution in [2.75, 3.05) is 14.2 Å². The fraction of sp³-hybridized carbons (Fsp3) is 0.184. The first-order chi connectivity index (χ1) is 23.2. The van der Waals surface area contributed by atoms with E-state index in [4.69, 9.17) is 19.2 Å². The Labute approximate surface area is 277 Å². The van der Waals surface area contributed by atoms with Crippen LogP contribution in [-0.4, -0.2) is 35.0 Å². The fourth-order valence-electron chi connectivity index (χ4n) is 5.78. The molecule has 0 saturated carbocycles. The van der Waals surface area contributed by atoms with Crippen molar-refractivity contribution in [3.05, 3.63) is 134 Å². The minimum absolute atomic E-state index is 0.00659. The minimum Gasteiger partial charge on any atom is -0.496 e. The average molecular weight is 643 g/mol. The van der Waals surface area contributed by atoms with Crippen LogP contribution < -0.4 is 19.8 Å². The summed E-state index contributed by atoms with van der Waals surface area (Å²) >= 11 is 0. The Kier molecular flexibility index (Phi) is 8.89. The van der Waals surface area contributed by atoms with E-state index in [1.54, 1.807) is 31.4 Å². The van der Waals surface area contributed by atoms with Crippen molar-refractivity contribution < 1.29 is 19.1 Å². The van der Waals surface area contributed by atoms with Crippen molar-refractivity contribution in [2.24, 2.45) is 5.10 Å². The number of hydrogen-bond acceptors (Lipinski definition) is 8. The zero-order valence-corrected chi connectivity index (χ0v) is 27.3. The Bertz CT molecular complexity index is 2270. The van der Waals surface area contributed by atoms with E-state index in [0.29, 0.717) is 27.9 Å². The lowest BCUT2D eigenvalue weighted by Gasteiger charge is -2.17. The van der Waals surface area contributed by atoms with Crippen LogP contribution in [0.4, 0.5) is 5.69 Å². The summed E-state index contributed by atoms with van der Waals surface area (Å²) in [6.45, 7) is 6.13. The molecular formula is C38H34N4O6. The molecule has 10 heteroatoms. The van der Waals surface area contributed by atoms with E-state index in [0.717, 1.165) is 33.2 Å². The van der Waals surface area contributed by atoms with Gasteiger partial charge in [0, 0.05) is 17.2 Å². The van der Waals surface area contributed by atoms with Gasteiger partial charge >= 0.3 is 5.69 Å². The summed E-state index contributed by atoms with van der Waals surface area (Å²) in [5.41, 5.74) is 3.55. The zero-order valence-electron chi connectivity index (χ0n) is 27.3. The molecule has 48 heavy (non-hydrogen) atoms. The molecule has 10 nitrogen and oxygen atoms in total. The lowest BCUT2D eigenvalue weighted by Crippen LogP contribution is -2.21. The first kappa shape index (κ1) is 31.9. The zero-order chi connectivity index (χ0) is 33.9. The van der Waals surface area contributed by atoms with Crippen LogP contribution in [0.25, 0.3) is 33.1 Å². The van der Waals surface area contributed by atoms with Gasteiger partial charge in [-0.2, -0.15) is 9.78 Å². The van der Waals surface area contributed by atoms with Crippen LogP contribution in [0.2, 0.25) is 0 Å². The van der Waals surface area contributed by atoms with E-state index in [-0.39, 0.29) is 35.3 Å². The Hall–Kier alpha value is -6.03.